The van der Waals surface area contributed by atoms with Gasteiger partial charge in [0.15, 0.2) is 6.29 Å². The summed E-state index contributed by atoms with van der Waals surface area (Å²) >= 11 is 0. The molecule has 0 fully saturated rings. The molecule has 1 aromatic heterocycles. The van der Waals surface area contributed by atoms with Gasteiger partial charge in [-0.1, -0.05) is 24.3 Å². The second-order valence-electron chi connectivity index (χ2n) is 4.23. The van der Waals surface area contributed by atoms with Gasteiger partial charge in [0.05, 0.1) is 0 Å². The van der Waals surface area contributed by atoms with E-state index in [0.717, 1.165) is 17.0 Å². The molecule has 1 heterocycles. The molecule has 0 bridgehead atoms. The molecule has 0 saturated heterocycles. The third kappa shape index (κ3) is 3.22. The topological polar surface area (TPSA) is 36.3 Å². The Hall–Kier alpha value is -1.65. The van der Waals surface area contributed by atoms with Crippen LogP contribution in [0.15, 0.2) is 36.7 Å². The standard InChI is InChI=1S/C15H20N2O2/c1-4-18-15(19-5-2)13-8-6-12(7-9-13)14-16-10-11-17(14)3/h6-11,15H,4-5H2,1-3H3. The summed E-state index contributed by atoms with van der Waals surface area (Å²) in [5.74, 6) is 0.955. The van der Waals surface area contributed by atoms with Crippen molar-refractivity contribution in [3.8, 4) is 11.4 Å². The zero-order valence-electron chi connectivity index (χ0n) is 11.7. The van der Waals surface area contributed by atoms with Crippen LogP contribution in [0.25, 0.3) is 11.4 Å². The molecule has 0 saturated carbocycles. The largest absolute Gasteiger partial charge is 0.349 e. The fraction of sp³-hybridized carbons (Fsp3) is 0.400. The minimum atomic E-state index is -0.287. The molecule has 0 unspecified atom stereocenters. The number of aromatic nitrogens is 2. The molecule has 4 nitrogen and oxygen atoms in total. The van der Waals surface area contributed by atoms with Crippen LogP contribution in [-0.4, -0.2) is 22.8 Å². The number of aryl methyl sites for hydroxylation is 1. The summed E-state index contributed by atoms with van der Waals surface area (Å²) in [4.78, 5) is 4.33. The number of hydrogen-bond donors (Lipinski definition) is 0. The predicted molar refractivity (Wildman–Crippen MR) is 74.6 cm³/mol. The fourth-order valence-corrected chi connectivity index (χ4v) is 1.98. The molecule has 0 atom stereocenters. The maximum absolute atomic E-state index is 5.58. The van der Waals surface area contributed by atoms with Crippen LogP contribution in [0, 0.1) is 0 Å². The van der Waals surface area contributed by atoms with Gasteiger partial charge in [-0.25, -0.2) is 4.98 Å². The van der Waals surface area contributed by atoms with Gasteiger partial charge in [-0.05, 0) is 13.8 Å². The summed E-state index contributed by atoms with van der Waals surface area (Å²) in [6, 6.07) is 8.14. The van der Waals surface area contributed by atoms with Crippen LogP contribution in [0.5, 0.6) is 0 Å². The van der Waals surface area contributed by atoms with Crippen LogP contribution in [0.1, 0.15) is 25.7 Å². The van der Waals surface area contributed by atoms with E-state index in [1.165, 1.54) is 0 Å². The highest BCUT2D eigenvalue weighted by Crippen LogP contribution is 2.23. The van der Waals surface area contributed by atoms with E-state index in [0.29, 0.717) is 13.2 Å². The van der Waals surface area contributed by atoms with E-state index in [1.54, 1.807) is 6.20 Å². The lowest BCUT2D eigenvalue weighted by molar-refractivity contribution is -0.140. The van der Waals surface area contributed by atoms with Gasteiger partial charge in [-0.3, -0.25) is 0 Å². The van der Waals surface area contributed by atoms with Crippen molar-refractivity contribution in [2.75, 3.05) is 13.2 Å². The van der Waals surface area contributed by atoms with Crippen molar-refractivity contribution >= 4 is 0 Å². The third-order valence-electron chi connectivity index (χ3n) is 2.90. The lowest BCUT2D eigenvalue weighted by Crippen LogP contribution is -2.08. The summed E-state index contributed by atoms with van der Waals surface area (Å²) in [6.45, 7) is 5.19. The van der Waals surface area contributed by atoms with Crippen LogP contribution in [0.4, 0.5) is 0 Å². The molecular weight excluding hydrogens is 240 g/mol. The first-order valence-corrected chi connectivity index (χ1v) is 6.57. The number of rotatable bonds is 6. The molecule has 0 amide bonds. The number of benzene rings is 1. The van der Waals surface area contributed by atoms with E-state index in [1.807, 2.05) is 55.9 Å². The zero-order chi connectivity index (χ0) is 13.7. The molecule has 0 spiro atoms. The van der Waals surface area contributed by atoms with E-state index >= 15 is 0 Å². The van der Waals surface area contributed by atoms with Crippen molar-refractivity contribution in [2.45, 2.75) is 20.1 Å². The molecule has 1 aromatic carbocycles. The number of hydrogen-bond acceptors (Lipinski definition) is 3. The first kappa shape index (κ1) is 13.8. The SMILES string of the molecule is CCOC(OCC)c1ccc(-c2nccn2C)cc1. The van der Waals surface area contributed by atoms with Crippen LogP contribution in [-0.2, 0) is 16.5 Å². The van der Waals surface area contributed by atoms with Gasteiger partial charge in [0.2, 0.25) is 0 Å². The maximum Gasteiger partial charge on any atom is 0.183 e. The highest BCUT2D eigenvalue weighted by molar-refractivity contribution is 5.55. The molecule has 2 aromatic rings. The van der Waals surface area contributed by atoms with E-state index in [2.05, 4.69) is 4.98 Å². The van der Waals surface area contributed by atoms with E-state index < -0.39 is 0 Å². The Balaban J connectivity index is 2.19. The summed E-state index contributed by atoms with van der Waals surface area (Å²) < 4.78 is 13.2. The average Bonchev–Trinajstić information content (AvgIpc) is 2.85. The summed E-state index contributed by atoms with van der Waals surface area (Å²) in [7, 11) is 1.99. The van der Waals surface area contributed by atoms with Crippen LogP contribution in [0.2, 0.25) is 0 Å². The normalized spacial score (nSPS) is 11.2. The van der Waals surface area contributed by atoms with Crippen molar-refractivity contribution in [2.24, 2.45) is 7.05 Å². The molecule has 0 radical (unpaired) electrons. The van der Waals surface area contributed by atoms with Gasteiger partial charge >= 0.3 is 0 Å². The molecule has 19 heavy (non-hydrogen) atoms. The highest BCUT2D eigenvalue weighted by atomic mass is 16.7. The summed E-state index contributed by atoms with van der Waals surface area (Å²) in [6.07, 6.45) is 3.45. The second-order valence-corrected chi connectivity index (χ2v) is 4.23. The Morgan fingerprint density at radius 3 is 2.21 bits per heavy atom. The molecule has 102 valence electrons. The Kier molecular flexibility index (Phi) is 4.71. The molecule has 0 aliphatic heterocycles. The van der Waals surface area contributed by atoms with E-state index in [-0.39, 0.29) is 6.29 Å². The Morgan fingerprint density at radius 2 is 1.74 bits per heavy atom. The number of nitrogens with zero attached hydrogens (tertiary/aromatic N) is 2. The van der Waals surface area contributed by atoms with Crippen molar-refractivity contribution in [3.63, 3.8) is 0 Å². The Labute approximate surface area is 114 Å². The first-order chi connectivity index (χ1) is 9.26. The fourth-order valence-electron chi connectivity index (χ4n) is 1.98. The van der Waals surface area contributed by atoms with Gasteiger partial charge in [-0.15, -0.1) is 0 Å². The quantitative estimate of drug-likeness (QED) is 0.748. The van der Waals surface area contributed by atoms with Gasteiger partial charge in [-0.2, -0.15) is 0 Å². The maximum atomic E-state index is 5.58. The lowest BCUT2D eigenvalue weighted by Gasteiger charge is -2.17. The van der Waals surface area contributed by atoms with Crippen molar-refractivity contribution in [1.82, 2.24) is 9.55 Å². The smallest absolute Gasteiger partial charge is 0.183 e. The van der Waals surface area contributed by atoms with Crippen molar-refractivity contribution in [3.05, 3.63) is 42.2 Å². The summed E-state index contributed by atoms with van der Waals surface area (Å²) in [5.41, 5.74) is 2.12. The van der Waals surface area contributed by atoms with Crippen LogP contribution >= 0.6 is 0 Å². The van der Waals surface area contributed by atoms with Crippen molar-refractivity contribution in [1.29, 1.82) is 0 Å². The Bertz CT molecular complexity index is 499. The average molecular weight is 260 g/mol. The van der Waals surface area contributed by atoms with Gasteiger partial charge in [0.25, 0.3) is 0 Å². The molecule has 0 N–H and O–H groups in total. The minimum Gasteiger partial charge on any atom is -0.349 e. The van der Waals surface area contributed by atoms with Gasteiger partial charge in [0, 0.05) is 43.8 Å². The first-order valence-electron chi connectivity index (χ1n) is 6.57. The highest BCUT2D eigenvalue weighted by Gasteiger charge is 2.11. The van der Waals surface area contributed by atoms with Gasteiger partial charge < -0.3 is 14.0 Å². The molecule has 0 aliphatic rings. The van der Waals surface area contributed by atoms with Crippen LogP contribution in [0.3, 0.4) is 0 Å². The lowest BCUT2D eigenvalue weighted by atomic mass is 10.1. The van der Waals surface area contributed by atoms with E-state index in [9.17, 15) is 0 Å². The molecule has 0 aliphatic carbocycles. The van der Waals surface area contributed by atoms with Gasteiger partial charge in [0.1, 0.15) is 5.82 Å². The number of imidazole rings is 1. The summed E-state index contributed by atoms with van der Waals surface area (Å²) in [5, 5.41) is 0. The van der Waals surface area contributed by atoms with E-state index in [4.69, 9.17) is 9.47 Å². The molecule has 4 heteroatoms. The predicted octanol–water partition coefficient (Wildman–Crippen LogP) is 3.16. The molecular formula is C15H20N2O2. The van der Waals surface area contributed by atoms with Crippen molar-refractivity contribution < 1.29 is 9.47 Å². The molecule has 2 rings (SSSR count). The Morgan fingerprint density at radius 1 is 1.11 bits per heavy atom. The second kappa shape index (κ2) is 6.50. The number of ether oxygens (including phenoxy) is 2. The minimum absolute atomic E-state index is 0.287. The third-order valence-corrected chi connectivity index (χ3v) is 2.90. The zero-order valence-corrected chi connectivity index (χ0v) is 11.7. The van der Waals surface area contributed by atoms with Crippen LogP contribution < -0.4 is 0 Å². The monoisotopic (exact) mass is 260 g/mol.